The topological polar surface area (TPSA) is 58.2 Å². The van der Waals surface area contributed by atoms with Crippen LogP contribution in [0.4, 0.5) is 8.78 Å². The predicted molar refractivity (Wildman–Crippen MR) is 59.9 cm³/mol. The Labute approximate surface area is 102 Å². The molecule has 1 aliphatic rings. The molecule has 1 aromatic rings. The maximum absolute atomic E-state index is 13.3. The largest absolute Gasteiger partial charge is 0.352 e. The van der Waals surface area contributed by atoms with Gasteiger partial charge in [-0.15, -0.1) is 0 Å². The highest BCUT2D eigenvalue weighted by Crippen LogP contribution is 2.18. The van der Waals surface area contributed by atoms with Crippen molar-refractivity contribution in [2.24, 2.45) is 0 Å². The summed E-state index contributed by atoms with van der Waals surface area (Å²) in [6, 6.07) is 3.51. The molecule has 1 aromatic carbocycles. The molecule has 1 saturated carbocycles. The molecule has 0 aromatic heterocycles. The third kappa shape index (κ3) is 3.03. The maximum Gasteiger partial charge on any atom is 0.254 e. The molecule has 0 unspecified atom stereocenters. The van der Waals surface area contributed by atoms with Gasteiger partial charge in [-0.25, -0.2) is 8.78 Å². The van der Waals surface area contributed by atoms with Gasteiger partial charge in [0.05, 0.1) is 12.1 Å². The van der Waals surface area contributed by atoms with Gasteiger partial charge in [0.2, 0.25) is 5.91 Å². The summed E-state index contributed by atoms with van der Waals surface area (Å²) in [4.78, 5) is 22.8. The van der Waals surface area contributed by atoms with Crippen LogP contribution < -0.4 is 10.6 Å². The second-order valence-electron chi connectivity index (χ2n) is 4.13. The molecule has 2 rings (SSSR count). The summed E-state index contributed by atoms with van der Waals surface area (Å²) in [7, 11) is 0. The number of benzene rings is 1. The fraction of sp³-hybridized carbons (Fsp3) is 0.333. The van der Waals surface area contributed by atoms with Gasteiger partial charge in [0.15, 0.2) is 11.6 Å². The number of halogens is 2. The van der Waals surface area contributed by atoms with Crippen LogP contribution in [0.3, 0.4) is 0 Å². The van der Waals surface area contributed by atoms with Crippen LogP contribution in [-0.2, 0) is 4.79 Å². The molecular weight excluding hydrogens is 242 g/mol. The summed E-state index contributed by atoms with van der Waals surface area (Å²) >= 11 is 0. The zero-order valence-corrected chi connectivity index (χ0v) is 9.50. The molecule has 1 fully saturated rings. The van der Waals surface area contributed by atoms with Crippen molar-refractivity contribution in [3.8, 4) is 0 Å². The lowest BCUT2D eigenvalue weighted by Crippen LogP contribution is -2.38. The highest BCUT2D eigenvalue weighted by molar-refractivity contribution is 5.96. The van der Waals surface area contributed by atoms with Crippen molar-refractivity contribution in [2.75, 3.05) is 6.54 Å². The van der Waals surface area contributed by atoms with Crippen molar-refractivity contribution in [2.45, 2.75) is 18.9 Å². The fourth-order valence-corrected chi connectivity index (χ4v) is 1.44. The number of rotatable bonds is 4. The molecule has 0 bridgehead atoms. The van der Waals surface area contributed by atoms with Crippen molar-refractivity contribution >= 4 is 11.8 Å². The number of carbonyl (C=O) groups excluding carboxylic acids is 2. The van der Waals surface area contributed by atoms with Crippen LogP contribution in [-0.4, -0.2) is 24.4 Å². The Hall–Kier alpha value is -1.98. The van der Waals surface area contributed by atoms with Crippen molar-refractivity contribution in [1.29, 1.82) is 0 Å². The van der Waals surface area contributed by atoms with Gasteiger partial charge in [0.1, 0.15) is 0 Å². The first-order chi connectivity index (χ1) is 8.58. The summed E-state index contributed by atoms with van der Waals surface area (Å²) in [6.07, 6.45) is 1.89. The molecule has 2 N–H and O–H groups in total. The van der Waals surface area contributed by atoms with Crippen LogP contribution in [0.25, 0.3) is 0 Å². The first-order valence-corrected chi connectivity index (χ1v) is 5.59. The third-order valence-electron chi connectivity index (χ3n) is 2.55. The predicted octanol–water partition coefficient (Wildman–Crippen LogP) is 0.973. The minimum absolute atomic E-state index is 0.195. The van der Waals surface area contributed by atoms with Crippen LogP contribution in [0.5, 0.6) is 0 Å². The van der Waals surface area contributed by atoms with Gasteiger partial charge >= 0.3 is 0 Å². The first-order valence-electron chi connectivity index (χ1n) is 5.59. The summed E-state index contributed by atoms with van der Waals surface area (Å²) < 4.78 is 26.1. The van der Waals surface area contributed by atoms with E-state index in [1.165, 1.54) is 6.07 Å². The quantitative estimate of drug-likeness (QED) is 0.841. The molecular formula is C12H12F2N2O2. The number of amides is 2. The summed E-state index contributed by atoms with van der Waals surface area (Å²) in [5.41, 5.74) is -0.408. The molecule has 6 heteroatoms. The lowest BCUT2D eigenvalue weighted by molar-refractivity contribution is -0.120. The second-order valence-corrected chi connectivity index (χ2v) is 4.13. The number of hydrogen-bond acceptors (Lipinski definition) is 2. The minimum Gasteiger partial charge on any atom is -0.352 e. The molecule has 18 heavy (non-hydrogen) atoms. The van der Waals surface area contributed by atoms with E-state index in [0.717, 1.165) is 25.0 Å². The van der Waals surface area contributed by atoms with Gasteiger partial charge in [-0.3, -0.25) is 9.59 Å². The lowest BCUT2D eigenvalue weighted by atomic mass is 10.2. The van der Waals surface area contributed by atoms with Crippen molar-refractivity contribution in [3.63, 3.8) is 0 Å². The number of nitrogens with one attached hydrogen (secondary N) is 2. The van der Waals surface area contributed by atoms with Gasteiger partial charge in [-0.05, 0) is 25.0 Å². The maximum atomic E-state index is 13.3. The normalized spacial score (nSPS) is 14.1. The molecule has 0 spiro atoms. The first kappa shape index (κ1) is 12.5. The standard InChI is InChI=1S/C12H12F2N2O2/c13-9-3-1-2-8(11(9)14)12(18)15-6-10(17)16-7-4-5-7/h1-3,7H,4-6H2,(H,15,18)(H,16,17). The van der Waals surface area contributed by atoms with Crippen LogP contribution in [0, 0.1) is 11.6 Å². The SMILES string of the molecule is O=C(CNC(=O)c1cccc(F)c1F)NC1CC1. The Morgan fingerprint density at radius 2 is 2.00 bits per heavy atom. The minimum atomic E-state index is -1.21. The Morgan fingerprint density at radius 3 is 2.67 bits per heavy atom. The lowest BCUT2D eigenvalue weighted by Gasteiger charge is -2.06. The van der Waals surface area contributed by atoms with Gasteiger partial charge in [0, 0.05) is 6.04 Å². The van der Waals surface area contributed by atoms with Gasteiger partial charge in [-0.2, -0.15) is 0 Å². The van der Waals surface area contributed by atoms with Crippen LogP contribution in [0.1, 0.15) is 23.2 Å². The Morgan fingerprint density at radius 1 is 1.28 bits per heavy atom. The van der Waals surface area contributed by atoms with Gasteiger partial charge in [-0.1, -0.05) is 6.07 Å². The van der Waals surface area contributed by atoms with Gasteiger partial charge < -0.3 is 10.6 Å². The molecule has 96 valence electrons. The van der Waals surface area contributed by atoms with Crippen molar-refractivity contribution < 1.29 is 18.4 Å². The van der Waals surface area contributed by atoms with E-state index in [9.17, 15) is 18.4 Å². The molecule has 0 radical (unpaired) electrons. The summed E-state index contributed by atoms with van der Waals surface area (Å²) in [5, 5.41) is 4.91. The van der Waals surface area contributed by atoms with E-state index in [-0.39, 0.29) is 18.5 Å². The van der Waals surface area contributed by atoms with Crippen LogP contribution in [0.2, 0.25) is 0 Å². The van der Waals surface area contributed by atoms with E-state index in [4.69, 9.17) is 0 Å². The molecule has 0 heterocycles. The van der Waals surface area contributed by atoms with Crippen LogP contribution >= 0.6 is 0 Å². The monoisotopic (exact) mass is 254 g/mol. The Bertz CT molecular complexity index is 487. The van der Waals surface area contributed by atoms with Crippen LogP contribution in [0.15, 0.2) is 18.2 Å². The molecule has 4 nitrogen and oxygen atoms in total. The van der Waals surface area contributed by atoms with Crippen molar-refractivity contribution in [3.05, 3.63) is 35.4 Å². The highest BCUT2D eigenvalue weighted by Gasteiger charge is 2.23. The summed E-state index contributed by atoms with van der Waals surface area (Å²) in [5.74, 6) is -3.44. The molecule has 0 saturated heterocycles. The fourth-order valence-electron chi connectivity index (χ4n) is 1.44. The molecule has 0 atom stereocenters. The van der Waals surface area contributed by atoms with E-state index >= 15 is 0 Å². The summed E-state index contributed by atoms with van der Waals surface area (Å²) in [6.45, 7) is -0.245. The van der Waals surface area contributed by atoms with E-state index in [2.05, 4.69) is 10.6 Å². The van der Waals surface area contributed by atoms with E-state index in [0.29, 0.717) is 0 Å². The van der Waals surface area contributed by atoms with Gasteiger partial charge in [0.25, 0.3) is 5.91 Å². The average Bonchev–Trinajstić information content (AvgIpc) is 3.13. The Balaban J connectivity index is 1.90. The highest BCUT2D eigenvalue weighted by atomic mass is 19.2. The zero-order chi connectivity index (χ0) is 13.1. The molecule has 0 aliphatic heterocycles. The number of hydrogen-bond donors (Lipinski definition) is 2. The van der Waals surface area contributed by atoms with E-state index in [1.807, 2.05) is 0 Å². The third-order valence-corrected chi connectivity index (χ3v) is 2.55. The Kier molecular flexibility index (Phi) is 3.55. The number of carbonyl (C=O) groups is 2. The molecule has 1 aliphatic carbocycles. The smallest absolute Gasteiger partial charge is 0.254 e. The second kappa shape index (κ2) is 5.12. The average molecular weight is 254 g/mol. The van der Waals surface area contributed by atoms with Crippen molar-refractivity contribution in [1.82, 2.24) is 10.6 Å². The molecule has 2 amide bonds. The zero-order valence-electron chi connectivity index (χ0n) is 9.50. The van der Waals surface area contributed by atoms with E-state index in [1.54, 1.807) is 0 Å². The van der Waals surface area contributed by atoms with E-state index < -0.39 is 23.1 Å².